The Kier molecular flexibility index (Phi) is 34.6. The van der Waals surface area contributed by atoms with Crippen molar-refractivity contribution in [3.05, 3.63) is 29.8 Å². The van der Waals surface area contributed by atoms with E-state index in [0.717, 1.165) is 12.1 Å². The van der Waals surface area contributed by atoms with Gasteiger partial charge in [-0.1, -0.05) is 155 Å². The van der Waals surface area contributed by atoms with Gasteiger partial charge in [0.2, 0.25) is 0 Å². The van der Waals surface area contributed by atoms with E-state index in [1.165, 1.54) is 153 Å². The highest BCUT2D eigenvalue weighted by Gasteiger charge is 2.34. The average Bonchev–Trinajstić information content (AvgIpc) is 3.03. The largest absolute Gasteiger partial charge is 0.744 e. The van der Waals surface area contributed by atoms with Crippen LogP contribution in [0.3, 0.4) is 0 Å². The Morgan fingerprint density at radius 1 is 0.511 bits per heavy atom. The Bertz CT molecular complexity index is 778. The van der Waals surface area contributed by atoms with E-state index in [1.807, 2.05) is 6.92 Å². The second-order valence-corrected chi connectivity index (χ2v) is 19.2. The van der Waals surface area contributed by atoms with Gasteiger partial charge in [-0.15, -0.1) is 0 Å². The maximum atomic E-state index is 10.4. The van der Waals surface area contributed by atoms with Crippen molar-refractivity contribution in [3.8, 4) is 0 Å². The van der Waals surface area contributed by atoms with Crippen LogP contribution in [-0.4, -0.2) is 44.2 Å². The van der Waals surface area contributed by atoms with Gasteiger partial charge in [0.25, 0.3) is 0 Å². The van der Waals surface area contributed by atoms with Crippen molar-refractivity contribution in [1.29, 1.82) is 0 Å². The minimum atomic E-state index is -4.27. The summed E-state index contributed by atoms with van der Waals surface area (Å²) in [5.74, 6) is 0. The maximum Gasteiger partial charge on any atom is 0.124 e. The van der Waals surface area contributed by atoms with Gasteiger partial charge in [-0.05, 0) is 57.6 Å². The van der Waals surface area contributed by atoms with Crippen LogP contribution in [0.2, 0.25) is 0 Å². The normalized spacial score (nSPS) is 11.5. The topological polar surface area (TPSA) is 84.8 Å². The van der Waals surface area contributed by atoms with Crippen molar-refractivity contribution < 1.29 is 18.7 Å². The molecule has 0 radical (unpaired) electrons. The zero-order valence-electron chi connectivity index (χ0n) is 31.2. The summed E-state index contributed by atoms with van der Waals surface area (Å²) in [7, 11) is -4.83. The van der Waals surface area contributed by atoms with Crippen LogP contribution in [-0.2, 0) is 10.1 Å². The van der Waals surface area contributed by atoms with E-state index in [9.17, 15) is 13.0 Å². The summed E-state index contributed by atoms with van der Waals surface area (Å²) in [6.45, 7) is 14.7. The highest BCUT2D eigenvalue weighted by Crippen LogP contribution is 2.61. The molecule has 3 N–H and O–H groups in total. The van der Waals surface area contributed by atoms with Crippen molar-refractivity contribution in [2.75, 3.05) is 31.2 Å². The first-order valence-corrected chi connectivity index (χ1v) is 23.3. The van der Waals surface area contributed by atoms with Gasteiger partial charge in [-0.25, -0.2) is 8.42 Å². The molecule has 45 heavy (non-hydrogen) atoms. The lowest BCUT2D eigenvalue weighted by Gasteiger charge is -2.28. The summed E-state index contributed by atoms with van der Waals surface area (Å²) < 4.78 is 31.2. The molecule has 0 spiro atoms. The molecule has 0 heterocycles. The highest BCUT2D eigenvalue weighted by molar-refractivity contribution is 7.85. The molecule has 0 saturated carbocycles. The predicted molar refractivity (Wildman–Crippen MR) is 203 cm³/mol. The number of hydrogen-bond donors (Lipinski definition) is 1. The third-order valence-corrected chi connectivity index (χ3v) is 14.8. The number of hydrogen-bond acceptors (Lipinski definition) is 3. The van der Waals surface area contributed by atoms with Crippen LogP contribution in [0.4, 0.5) is 0 Å². The van der Waals surface area contributed by atoms with Crippen molar-refractivity contribution in [3.63, 3.8) is 0 Å². The first kappa shape index (κ1) is 46.6. The number of aryl methyl sites for hydroxylation is 1. The standard InChI is InChI=1S/C16H35N.C16H36P.C7H8O3S/c1-2-3-4-5-6-7-8-9-10-11-12-13-14-15-16-17;1-5-9-13-17(14-10-6-2,15-11-7-3)16-12-8-4;1-6-2-4-7(5-3-6)11(8,9)10/h2-17H2,1H3;5-16H2,1-4H3;2-5H,1H3,(H,8,9,10)/q;+1;. The molecule has 0 atom stereocenters. The van der Waals surface area contributed by atoms with Crippen LogP contribution < -0.4 is 5.73 Å². The Balaban J connectivity index is 0. The molecule has 0 aromatic heterocycles. The lowest BCUT2D eigenvalue weighted by atomic mass is 10.0. The van der Waals surface area contributed by atoms with Crippen LogP contribution in [0.15, 0.2) is 29.2 Å². The third kappa shape index (κ3) is 30.6. The monoisotopic (exact) mass is 673 g/mol. The van der Waals surface area contributed by atoms with Crippen LogP contribution in [0.1, 0.15) is 181 Å². The van der Waals surface area contributed by atoms with Crippen LogP contribution in [0, 0.1) is 6.92 Å². The van der Waals surface area contributed by atoms with Gasteiger partial charge < -0.3 is 10.3 Å². The molecule has 0 fully saturated rings. The number of rotatable bonds is 27. The van der Waals surface area contributed by atoms with Crippen molar-refractivity contribution >= 4 is 17.4 Å². The summed E-state index contributed by atoms with van der Waals surface area (Å²) in [6.07, 6.45) is 38.2. The first-order chi connectivity index (χ1) is 21.7. The van der Waals surface area contributed by atoms with Gasteiger partial charge in [0.15, 0.2) is 0 Å². The second-order valence-electron chi connectivity index (χ2n) is 13.4. The molecule has 0 unspecified atom stereocenters. The summed E-state index contributed by atoms with van der Waals surface area (Å²) in [6, 6.07) is 5.78. The van der Waals surface area contributed by atoms with Gasteiger partial charge >= 0.3 is 0 Å². The van der Waals surface area contributed by atoms with Crippen molar-refractivity contribution in [2.45, 2.75) is 188 Å². The second kappa shape index (κ2) is 33.4. The zero-order chi connectivity index (χ0) is 34.1. The molecule has 6 heteroatoms. The molecular weight excluding hydrogens is 593 g/mol. The fourth-order valence-corrected chi connectivity index (χ4v) is 11.5. The molecule has 0 aliphatic carbocycles. The van der Waals surface area contributed by atoms with Gasteiger partial charge in [-0.3, -0.25) is 0 Å². The van der Waals surface area contributed by atoms with Crippen molar-refractivity contribution in [2.24, 2.45) is 0 Å². The SMILES string of the molecule is CCCCCCCCCCCCCCCC[NH3+].CCCC[P+](CCCC)(CCCC)CCCC.Cc1ccc(S(=O)(=O)[O-])cc1. The van der Waals surface area contributed by atoms with Gasteiger partial charge in [-0.2, -0.15) is 0 Å². The van der Waals surface area contributed by atoms with E-state index < -0.39 is 17.4 Å². The molecule has 1 rings (SSSR count). The molecule has 0 aliphatic heterocycles. The Labute approximate surface area is 284 Å². The first-order valence-electron chi connectivity index (χ1n) is 19.3. The average molecular weight is 673 g/mol. The maximum absolute atomic E-state index is 10.4. The van der Waals surface area contributed by atoms with Crippen LogP contribution >= 0.6 is 7.26 Å². The predicted octanol–water partition coefficient (Wildman–Crippen LogP) is 11.8. The zero-order valence-corrected chi connectivity index (χ0v) is 32.9. The summed E-state index contributed by atoms with van der Waals surface area (Å²) in [5, 5.41) is 0. The Hall–Kier alpha value is -0.480. The van der Waals surface area contributed by atoms with Crippen molar-refractivity contribution in [1.82, 2.24) is 0 Å². The summed E-state index contributed by atoms with van der Waals surface area (Å²) in [5.41, 5.74) is 4.81. The van der Waals surface area contributed by atoms with E-state index in [1.54, 1.807) is 36.8 Å². The van der Waals surface area contributed by atoms with Gasteiger partial charge in [0.05, 0.1) is 36.1 Å². The quantitative estimate of drug-likeness (QED) is 0.0573. The number of benzene rings is 1. The summed E-state index contributed by atoms with van der Waals surface area (Å²) >= 11 is 0. The molecule has 0 bridgehead atoms. The van der Waals surface area contributed by atoms with E-state index >= 15 is 0 Å². The third-order valence-electron chi connectivity index (χ3n) is 8.86. The van der Waals surface area contributed by atoms with E-state index in [-0.39, 0.29) is 4.90 Å². The van der Waals surface area contributed by atoms with Crippen LogP contribution in [0.25, 0.3) is 0 Å². The lowest BCUT2D eigenvalue weighted by Crippen LogP contribution is -2.50. The molecule has 0 saturated heterocycles. The molecular formula is C39H79NO3PS+. The molecule has 1 aromatic rings. The number of unbranched alkanes of at least 4 members (excludes halogenated alkanes) is 17. The smallest absolute Gasteiger partial charge is 0.124 e. The summed E-state index contributed by atoms with van der Waals surface area (Å²) in [4.78, 5) is -0.178. The molecule has 0 amide bonds. The van der Waals surface area contributed by atoms with E-state index in [2.05, 4.69) is 40.4 Å². The molecule has 4 nitrogen and oxygen atoms in total. The van der Waals surface area contributed by atoms with E-state index in [0.29, 0.717) is 0 Å². The fourth-order valence-electron chi connectivity index (χ4n) is 5.72. The number of quaternary nitrogens is 1. The van der Waals surface area contributed by atoms with Gasteiger partial charge in [0, 0.05) is 7.26 Å². The minimum absolute atomic E-state index is 0.178. The highest BCUT2D eigenvalue weighted by atomic mass is 32.2. The molecule has 1 aromatic carbocycles. The Morgan fingerprint density at radius 2 is 0.800 bits per heavy atom. The lowest BCUT2D eigenvalue weighted by molar-refractivity contribution is -0.368. The van der Waals surface area contributed by atoms with E-state index in [4.69, 9.17) is 0 Å². The minimum Gasteiger partial charge on any atom is -0.744 e. The van der Waals surface area contributed by atoms with Crippen LogP contribution in [0.5, 0.6) is 0 Å². The molecule has 0 aliphatic rings. The molecule has 268 valence electrons. The Morgan fingerprint density at radius 3 is 1.07 bits per heavy atom. The van der Waals surface area contributed by atoms with Gasteiger partial charge in [0.1, 0.15) is 10.1 Å². The fraction of sp³-hybridized carbons (Fsp3) is 0.846.